The first-order chi connectivity index (χ1) is 13.1. The van der Waals surface area contributed by atoms with Crippen molar-refractivity contribution in [3.8, 4) is 5.75 Å². The van der Waals surface area contributed by atoms with E-state index in [0.717, 1.165) is 37.8 Å². The van der Waals surface area contributed by atoms with Crippen LogP contribution < -0.4 is 10.1 Å². The third-order valence-electron chi connectivity index (χ3n) is 4.64. The standard InChI is InChI=1S/C19H19FN4O3/c1-26-16-9-18-22-15(12-3-6-27-7-4-12)11-24(18)10-14(16)19(25)23-17-8-13(20)2-5-21-17/h2,5,8-12H,3-4,6-7H2,1H3,(H,21,23,25). The van der Waals surface area contributed by atoms with Gasteiger partial charge in [-0.2, -0.15) is 0 Å². The summed E-state index contributed by atoms with van der Waals surface area (Å²) < 4.78 is 25.9. The molecule has 0 radical (unpaired) electrons. The minimum atomic E-state index is -0.474. The maximum Gasteiger partial charge on any atom is 0.262 e. The van der Waals surface area contributed by atoms with Crippen LogP contribution in [0.15, 0.2) is 36.8 Å². The number of ether oxygens (including phenoxy) is 2. The Morgan fingerprint density at radius 1 is 1.33 bits per heavy atom. The molecule has 0 unspecified atom stereocenters. The number of amides is 1. The number of hydrogen-bond acceptors (Lipinski definition) is 5. The molecule has 4 rings (SSSR count). The zero-order chi connectivity index (χ0) is 18.8. The first-order valence-electron chi connectivity index (χ1n) is 8.71. The summed E-state index contributed by atoms with van der Waals surface area (Å²) in [6.45, 7) is 1.46. The Morgan fingerprint density at radius 3 is 2.89 bits per heavy atom. The fourth-order valence-corrected chi connectivity index (χ4v) is 3.22. The number of nitrogens with zero attached hydrogens (tertiary/aromatic N) is 3. The van der Waals surface area contributed by atoms with Crippen molar-refractivity contribution in [2.24, 2.45) is 0 Å². The third kappa shape index (κ3) is 3.61. The number of anilines is 1. The molecule has 7 nitrogen and oxygen atoms in total. The monoisotopic (exact) mass is 370 g/mol. The lowest BCUT2D eigenvalue weighted by molar-refractivity contribution is 0.0846. The second-order valence-electron chi connectivity index (χ2n) is 6.39. The Bertz CT molecular complexity index is 982. The van der Waals surface area contributed by atoms with Gasteiger partial charge < -0.3 is 19.2 Å². The van der Waals surface area contributed by atoms with Gasteiger partial charge in [-0.3, -0.25) is 4.79 Å². The van der Waals surface area contributed by atoms with E-state index in [1.54, 1.807) is 16.7 Å². The van der Waals surface area contributed by atoms with Gasteiger partial charge in [0.15, 0.2) is 0 Å². The van der Waals surface area contributed by atoms with Crippen LogP contribution in [-0.2, 0) is 4.74 Å². The van der Waals surface area contributed by atoms with Gasteiger partial charge >= 0.3 is 0 Å². The highest BCUT2D eigenvalue weighted by Gasteiger charge is 2.21. The molecule has 1 saturated heterocycles. The molecule has 1 N–H and O–H groups in total. The highest BCUT2D eigenvalue weighted by molar-refractivity contribution is 6.05. The van der Waals surface area contributed by atoms with Crippen molar-refractivity contribution < 1.29 is 18.7 Å². The van der Waals surface area contributed by atoms with Crippen molar-refractivity contribution in [2.45, 2.75) is 18.8 Å². The summed E-state index contributed by atoms with van der Waals surface area (Å²) in [5.74, 6) is -0.0405. The number of carbonyl (C=O) groups is 1. The van der Waals surface area contributed by atoms with E-state index in [4.69, 9.17) is 9.47 Å². The molecule has 1 aliphatic heterocycles. The molecule has 0 atom stereocenters. The average Bonchev–Trinajstić information content (AvgIpc) is 3.10. The number of imidazole rings is 1. The van der Waals surface area contributed by atoms with Crippen LogP contribution in [0.1, 0.15) is 34.8 Å². The number of halogens is 1. The van der Waals surface area contributed by atoms with E-state index < -0.39 is 11.7 Å². The second-order valence-corrected chi connectivity index (χ2v) is 6.39. The molecule has 0 bridgehead atoms. The van der Waals surface area contributed by atoms with Crippen LogP contribution in [0.2, 0.25) is 0 Å². The molecule has 1 fully saturated rings. The zero-order valence-electron chi connectivity index (χ0n) is 14.8. The summed E-state index contributed by atoms with van der Waals surface area (Å²) >= 11 is 0. The summed E-state index contributed by atoms with van der Waals surface area (Å²) in [5.41, 5.74) is 1.99. The highest BCUT2D eigenvalue weighted by atomic mass is 19.1. The molecule has 3 aromatic heterocycles. The van der Waals surface area contributed by atoms with Gasteiger partial charge in [-0.25, -0.2) is 14.4 Å². The normalized spacial score (nSPS) is 15.0. The maximum absolute atomic E-state index is 13.3. The average molecular weight is 370 g/mol. The lowest BCUT2D eigenvalue weighted by atomic mass is 9.97. The molecule has 8 heteroatoms. The Morgan fingerprint density at radius 2 is 2.15 bits per heavy atom. The maximum atomic E-state index is 13.3. The number of methoxy groups -OCH3 is 1. The molecule has 0 spiro atoms. The summed E-state index contributed by atoms with van der Waals surface area (Å²) in [4.78, 5) is 21.3. The fraction of sp³-hybridized carbons (Fsp3) is 0.316. The fourth-order valence-electron chi connectivity index (χ4n) is 3.22. The Kier molecular flexibility index (Phi) is 4.72. The van der Waals surface area contributed by atoms with Gasteiger partial charge in [0.2, 0.25) is 0 Å². The summed E-state index contributed by atoms with van der Waals surface area (Å²) in [5, 5.41) is 2.59. The number of hydrogen-bond donors (Lipinski definition) is 1. The van der Waals surface area contributed by atoms with E-state index in [1.165, 1.54) is 19.4 Å². The zero-order valence-corrected chi connectivity index (χ0v) is 14.8. The predicted octanol–water partition coefficient (Wildman–Crippen LogP) is 3.02. The molecular weight excluding hydrogens is 351 g/mol. The first kappa shape index (κ1) is 17.4. The van der Waals surface area contributed by atoms with Gasteiger partial charge in [0, 0.05) is 49.9 Å². The van der Waals surface area contributed by atoms with Crippen molar-refractivity contribution in [1.29, 1.82) is 0 Å². The first-order valence-corrected chi connectivity index (χ1v) is 8.71. The molecule has 1 amide bonds. The van der Waals surface area contributed by atoms with Crippen LogP contribution in [0.25, 0.3) is 5.65 Å². The van der Waals surface area contributed by atoms with E-state index in [0.29, 0.717) is 22.9 Å². The lowest BCUT2D eigenvalue weighted by Gasteiger charge is -2.19. The number of fused-ring (bicyclic) bond motifs is 1. The van der Waals surface area contributed by atoms with Crippen molar-refractivity contribution in [1.82, 2.24) is 14.4 Å². The molecule has 0 saturated carbocycles. The van der Waals surface area contributed by atoms with Crippen molar-refractivity contribution in [2.75, 3.05) is 25.6 Å². The van der Waals surface area contributed by atoms with E-state index in [-0.39, 0.29) is 5.82 Å². The topological polar surface area (TPSA) is 77.8 Å². The van der Waals surface area contributed by atoms with Crippen molar-refractivity contribution in [3.05, 3.63) is 53.9 Å². The third-order valence-corrected chi connectivity index (χ3v) is 4.64. The summed E-state index contributed by atoms with van der Waals surface area (Å²) in [6.07, 6.45) is 6.75. The van der Waals surface area contributed by atoms with E-state index in [2.05, 4.69) is 15.3 Å². The number of rotatable bonds is 4. The number of carbonyl (C=O) groups excluding carboxylic acids is 1. The predicted molar refractivity (Wildman–Crippen MR) is 96.7 cm³/mol. The number of aromatic nitrogens is 3. The lowest BCUT2D eigenvalue weighted by Crippen LogP contribution is -2.15. The van der Waals surface area contributed by atoms with Crippen molar-refractivity contribution in [3.63, 3.8) is 0 Å². The Balaban J connectivity index is 1.65. The molecule has 27 heavy (non-hydrogen) atoms. The minimum Gasteiger partial charge on any atom is -0.496 e. The van der Waals surface area contributed by atoms with E-state index in [1.807, 2.05) is 6.20 Å². The van der Waals surface area contributed by atoms with Crippen LogP contribution in [-0.4, -0.2) is 40.6 Å². The summed E-state index contributed by atoms with van der Waals surface area (Å²) in [6, 6.07) is 4.09. The van der Waals surface area contributed by atoms with Gasteiger partial charge in [-0.1, -0.05) is 0 Å². The molecular formula is C19H19FN4O3. The molecule has 0 aliphatic carbocycles. The smallest absolute Gasteiger partial charge is 0.262 e. The largest absolute Gasteiger partial charge is 0.496 e. The SMILES string of the molecule is COc1cc2nc(C3CCOCC3)cn2cc1C(=O)Nc1cc(F)ccn1. The van der Waals surface area contributed by atoms with Crippen molar-refractivity contribution >= 4 is 17.4 Å². The Labute approximate surface area is 155 Å². The van der Waals surface area contributed by atoms with Crippen LogP contribution in [0.3, 0.4) is 0 Å². The molecule has 1 aliphatic rings. The summed E-state index contributed by atoms with van der Waals surface area (Å²) in [7, 11) is 1.49. The highest BCUT2D eigenvalue weighted by Crippen LogP contribution is 2.28. The molecule has 0 aromatic carbocycles. The van der Waals surface area contributed by atoms with Gasteiger partial charge in [0.25, 0.3) is 5.91 Å². The minimum absolute atomic E-state index is 0.135. The molecule has 140 valence electrons. The molecule has 3 aromatic rings. The quantitative estimate of drug-likeness (QED) is 0.764. The van der Waals surface area contributed by atoms with Crippen LogP contribution in [0.5, 0.6) is 5.75 Å². The van der Waals surface area contributed by atoms with Crippen LogP contribution in [0, 0.1) is 5.82 Å². The number of pyridine rings is 2. The van der Waals surface area contributed by atoms with Crippen LogP contribution >= 0.6 is 0 Å². The molecule has 4 heterocycles. The van der Waals surface area contributed by atoms with Crippen LogP contribution in [0.4, 0.5) is 10.2 Å². The second kappa shape index (κ2) is 7.32. The van der Waals surface area contributed by atoms with Gasteiger partial charge in [0.1, 0.15) is 23.0 Å². The van der Waals surface area contributed by atoms with Gasteiger partial charge in [0.05, 0.1) is 18.4 Å². The van der Waals surface area contributed by atoms with Gasteiger partial charge in [-0.05, 0) is 18.9 Å². The Hall–Kier alpha value is -3.00. The van der Waals surface area contributed by atoms with E-state index >= 15 is 0 Å². The van der Waals surface area contributed by atoms with E-state index in [9.17, 15) is 9.18 Å². The number of nitrogens with one attached hydrogen (secondary N) is 1. The van der Waals surface area contributed by atoms with Gasteiger partial charge in [-0.15, -0.1) is 0 Å².